The first-order valence-corrected chi connectivity index (χ1v) is 7.54. The van der Waals surface area contributed by atoms with Gasteiger partial charge in [-0.1, -0.05) is 0 Å². The minimum Gasteiger partial charge on any atom is -0.487 e. The minimum atomic E-state index is 0.167. The van der Waals surface area contributed by atoms with Gasteiger partial charge in [0.05, 0.1) is 6.10 Å². The third-order valence-corrected chi connectivity index (χ3v) is 3.29. The second-order valence-corrected chi connectivity index (χ2v) is 5.39. The van der Waals surface area contributed by atoms with Crippen molar-refractivity contribution in [2.45, 2.75) is 26.4 Å². The number of aromatic nitrogens is 1. The van der Waals surface area contributed by atoms with Gasteiger partial charge in [-0.25, -0.2) is 4.98 Å². The largest absolute Gasteiger partial charge is 0.487 e. The summed E-state index contributed by atoms with van der Waals surface area (Å²) < 4.78 is 5.75. The summed E-state index contributed by atoms with van der Waals surface area (Å²) in [6.07, 6.45) is 3.09. The summed E-state index contributed by atoms with van der Waals surface area (Å²) in [5, 5.41) is 6.75. The lowest BCUT2D eigenvalue weighted by Gasteiger charge is -2.27. The minimum absolute atomic E-state index is 0.167. The number of piperazine rings is 1. The SMILES string of the molecule is CC(C)Oc1cccnc1NCCCN1CCNCC1. The van der Waals surface area contributed by atoms with Gasteiger partial charge < -0.3 is 20.3 Å². The van der Waals surface area contributed by atoms with Crippen molar-refractivity contribution in [3.8, 4) is 5.75 Å². The van der Waals surface area contributed by atoms with Crippen LogP contribution in [-0.2, 0) is 0 Å². The first-order valence-electron chi connectivity index (χ1n) is 7.54. The number of anilines is 1. The van der Waals surface area contributed by atoms with Gasteiger partial charge in [0.15, 0.2) is 11.6 Å². The zero-order chi connectivity index (χ0) is 14.2. The van der Waals surface area contributed by atoms with E-state index in [2.05, 4.69) is 20.5 Å². The van der Waals surface area contributed by atoms with Crippen LogP contribution in [0.2, 0.25) is 0 Å². The molecule has 0 aromatic carbocycles. The van der Waals surface area contributed by atoms with E-state index in [1.165, 1.54) is 0 Å². The Kier molecular flexibility index (Phi) is 6.08. The maximum Gasteiger partial charge on any atom is 0.168 e. The third-order valence-electron chi connectivity index (χ3n) is 3.29. The molecule has 0 aliphatic carbocycles. The summed E-state index contributed by atoms with van der Waals surface area (Å²) in [4.78, 5) is 6.86. The molecule has 5 nitrogen and oxygen atoms in total. The average molecular weight is 278 g/mol. The Hall–Kier alpha value is -1.33. The molecule has 0 saturated carbocycles. The fourth-order valence-corrected chi connectivity index (χ4v) is 2.32. The lowest BCUT2D eigenvalue weighted by molar-refractivity contribution is 0.239. The van der Waals surface area contributed by atoms with E-state index < -0.39 is 0 Å². The summed E-state index contributed by atoms with van der Waals surface area (Å²) in [6.45, 7) is 10.7. The first-order chi connectivity index (χ1) is 9.75. The Labute approximate surface area is 121 Å². The fraction of sp³-hybridized carbons (Fsp3) is 0.667. The second-order valence-electron chi connectivity index (χ2n) is 5.39. The molecule has 1 saturated heterocycles. The Balaban J connectivity index is 1.73. The van der Waals surface area contributed by atoms with Gasteiger partial charge >= 0.3 is 0 Å². The summed E-state index contributed by atoms with van der Waals surface area (Å²) in [5.41, 5.74) is 0. The van der Waals surface area contributed by atoms with Gasteiger partial charge in [0, 0.05) is 38.9 Å². The predicted molar refractivity (Wildman–Crippen MR) is 82.4 cm³/mol. The number of pyridine rings is 1. The lowest BCUT2D eigenvalue weighted by atomic mass is 10.3. The van der Waals surface area contributed by atoms with Crippen molar-refractivity contribution in [1.29, 1.82) is 0 Å². The van der Waals surface area contributed by atoms with Crippen molar-refractivity contribution in [2.24, 2.45) is 0 Å². The quantitative estimate of drug-likeness (QED) is 0.742. The molecule has 0 amide bonds. The topological polar surface area (TPSA) is 49.4 Å². The molecule has 2 heterocycles. The van der Waals surface area contributed by atoms with E-state index in [4.69, 9.17) is 4.74 Å². The number of nitrogens with one attached hydrogen (secondary N) is 2. The highest BCUT2D eigenvalue weighted by Crippen LogP contribution is 2.21. The molecular weight excluding hydrogens is 252 g/mol. The highest BCUT2D eigenvalue weighted by molar-refractivity contribution is 5.49. The second kappa shape index (κ2) is 8.07. The smallest absolute Gasteiger partial charge is 0.168 e. The van der Waals surface area contributed by atoms with E-state index in [0.717, 1.165) is 57.3 Å². The van der Waals surface area contributed by atoms with E-state index in [1.54, 1.807) is 6.20 Å². The Bertz CT molecular complexity index is 391. The molecule has 1 aromatic heterocycles. The van der Waals surface area contributed by atoms with Gasteiger partial charge in [-0.2, -0.15) is 0 Å². The Morgan fingerprint density at radius 3 is 2.95 bits per heavy atom. The molecular formula is C15H26N4O. The third kappa shape index (κ3) is 4.98. The van der Waals surface area contributed by atoms with Crippen LogP contribution in [0.5, 0.6) is 5.75 Å². The Morgan fingerprint density at radius 2 is 2.20 bits per heavy atom. The van der Waals surface area contributed by atoms with Crippen molar-refractivity contribution in [3.63, 3.8) is 0 Å². The van der Waals surface area contributed by atoms with Gasteiger partial charge in [-0.05, 0) is 38.9 Å². The van der Waals surface area contributed by atoms with Gasteiger partial charge in [-0.15, -0.1) is 0 Å². The molecule has 0 unspecified atom stereocenters. The van der Waals surface area contributed by atoms with E-state index in [1.807, 2.05) is 26.0 Å². The number of rotatable bonds is 7. The molecule has 2 rings (SSSR count). The molecule has 0 radical (unpaired) electrons. The molecule has 5 heteroatoms. The maximum atomic E-state index is 5.75. The van der Waals surface area contributed by atoms with E-state index in [0.29, 0.717) is 0 Å². The van der Waals surface area contributed by atoms with E-state index >= 15 is 0 Å². The van der Waals surface area contributed by atoms with Gasteiger partial charge in [0.1, 0.15) is 0 Å². The summed E-state index contributed by atoms with van der Waals surface area (Å²) in [5.74, 6) is 1.69. The first kappa shape index (κ1) is 15.1. The van der Waals surface area contributed by atoms with Gasteiger partial charge in [-0.3, -0.25) is 0 Å². The molecule has 0 atom stereocenters. The molecule has 1 aliphatic heterocycles. The monoisotopic (exact) mass is 278 g/mol. The zero-order valence-corrected chi connectivity index (χ0v) is 12.6. The molecule has 1 aromatic rings. The maximum absolute atomic E-state index is 5.75. The molecule has 1 fully saturated rings. The summed E-state index contributed by atoms with van der Waals surface area (Å²) in [6, 6.07) is 3.87. The standard InChI is InChI=1S/C15H26N4O/c1-13(2)20-14-5-3-6-17-15(14)18-7-4-10-19-11-8-16-9-12-19/h3,5-6,13,16H,4,7-12H2,1-2H3,(H,17,18). The van der Waals surface area contributed by atoms with Crippen LogP contribution in [-0.4, -0.2) is 55.3 Å². The molecule has 20 heavy (non-hydrogen) atoms. The Morgan fingerprint density at radius 1 is 1.40 bits per heavy atom. The van der Waals surface area contributed by atoms with Gasteiger partial charge in [0.25, 0.3) is 0 Å². The molecule has 0 bridgehead atoms. The van der Waals surface area contributed by atoms with Crippen LogP contribution < -0.4 is 15.4 Å². The van der Waals surface area contributed by atoms with Crippen molar-refractivity contribution in [2.75, 3.05) is 44.6 Å². The van der Waals surface area contributed by atoms with Crippen LogP contribution in [0.15, 0.2) is 18.3 Å². The van der Waals surface area contributed by atoms with Crippen LogP contribution in [0.3, 0.4) is 0 Å². The normalized spacial score (nSPS) is 16.4. The number of hydrogen-bond acceptors (Lipinski definition) is 5. The van der Waals surface area contributed by atoms with E-state index in [-0.39, 0.29) is 6.10 Å². The number of hydrogen-bond donors (Lipinski definition) is 2. The van der Waals surface area contributed by atoms with Crippen LogP contribution in [0.1, 0.15) is 20.3 Å². The van der Waals surface area contributed by atoms with Crippen molar-refractivity contribution < 1.29 is 4.74 Å². The van der Waals surface area contributed by atoms with Crippen LogP contribution in [0, 0.1) is 0 Å². The average Bonchev–Trinajstić information content (AvgIpc) is 2.46. The zero-order valence-electron chi connectivity index (χ0n) is 12.6. The van der Waals surface area contributed by atoms with Crippen LogP contribution in [0.25, 0.3) is 0 Å². The molecule has 0 spiro atoms. The lowest BCUT2D eigenvalue weighted by Crippen LogP contribution is -2.44. The summed E-state index contributed by atoms with van der Waals surface area (Å²) >= 11 is 0. The van der Waals surface area contributed by atoms with Gasteiger partial charge in [0.2, 0.25) is 0 Å². The number of nitrogens with zero attached hydrogens (tertiary/aromatic N) is 2. The highest BCUT2D eigenvalue weighted by atomic mass is 16.5. The summed E-state index contributed by atoms with van der Waals surface area (Å²) in [7, 11) is 0. The van der Waals surface area contributed by atoms with Crippen LogP contribution in [0.4, 0.5) is 5.82 Å². The molecule has 2 N–H and O–H groups in total. The number of ether oxygens (including phenoxy) is 1. The molecule has 112 valence electrons. The van der Waals surface area contributed by atoms with E-state index in [9.17, 15) is 0 Å². The fourth-order valence-electron chi connectivity index (χ4n) is 2.32. The van der Waals surface area contributed by atoms with Crippen molar-refractivity contribution in [1.82, 2.24) is 15.2 Å². The highest BCUT2D eigenvalue weighted by Gasteiger charge is 2.09. The van der Waals surface area contributed by atoms with Crippen molar-refractivity contribution in [3.05, 3.63) is 18.3 Å². The van der Waals surface area contributed by atoms with Crippen LogP contribution >= 0.6 is 0 Å². The predicted octanol–water partition coefficient (Wildman–Crippen LogP) is 1.58. The van der Waals surface area contributed by atoms with Crippen molar-refractivity contribution >= 4 is 5.82 Å². The molecule has 1 aliphatic rings.